The third-order valence-electron chi connectivity index (χ3n) is 6.16. The van der Waals surface area contributed by atoms with E-state index in [-0.39, 0.29) is 46.1 Å². The van der Waals surface area contributed by atoms with Gasteiger partial charge in [-0.1, -0.05) is 39.5 Å². The van der Waals surface area contributed by atoms with Crippen molar-refractivity contribution in [2.75, 3.05) is 0 Å². The molecule has 0 aliphatic carbocycles. The summed E-state index contributed by atoms with van der Waals surface area (Å²) >= 11 is 0. The molecule has 0 saturated heterocycles. The lowest BCUT2D eigenvalue weighted by Crippen LogP contribution is -2.14. The molecule has 2 aromatic carbocycles. The zero-order valence-electron chi connectivity index (χ0n) is 20.4. The predicted octanol–water partition coefficient (Wildman–Crippen LogP) is 5.85. The van der Waals surface area contributed by atoms with E-state index in [4.69, 9.17) is 9.47 Å². The maximum Gasteiger partial charge on any atom is 0.347 e. The Labute approximate surface area is 204 Å². The fourth-order valence-electron chi connectivity index (χ4n) is 4.38. The molecule has 0 fully saturated rings. The molecule has 3 rings (SSSR count). The van der Waals surface area contributed by atoms with Crippen molar-refractivity contribution in [3.05, 3.63) is 39.9 Å². The second-order valence-electron chi connectivity index (χ2n) is 8.91. The maximum atomic E-state index is 13.2. The van der Waals surface area contributed by atoms with Crippen LogP contribution in [0.25, 0.3) is 0 Å². The molecule has 1 heterocycles. The number of carbonyl (C=O) groups excluding carboxylic acids is 2. The number of carbonyl (C=O) groups is 3. The number of phenolic OH excluding ortho intramolecular Hbond substituents is 2. The maximum absolute atomic E-state index is 13.2. The Morgan fingerprint density at radius 3 is 2.29 bits per heavy atom. The van der Waals surface area contributed by atoms with Gasteiger partial charge in [0.15, 0.2) is 23.0 Å². The number of fused-ring (bicyclic) bond motifs is 2. The zero-order valence-corrected chi connectivity index (χ0v) is 20.4. The summed E-state index contributed by atoms with van der Waals surface area (Å²) in [5, 5.41) is 30.8. The van der Waals surface area contributed by atoms with Crippen LogP contribution in [0.3, 0.4) is 0 Å². The number of unbranched alkanes of at least 4 members (excludes halogenated alkanes) is 4. The Hall–Kier alpha value is -3.55. The number of aromatic carboxylic acids is 1. The Balaban J connectivity index is 2.13. The Morgan fingerprint density at radius 2 is 1.63 bits per heavy atom. The van der Waals surface area contributed by atoms with Gasteiger partial charge in [-0.25, -0.2) is 9.59 Å². The number of aromatic hydroxyl groups is 2. The molecule has 1 aliphatic rings. The highest BCUT2D eigenvalue weighted by Crippen LogP contribution is 2.49. The van der Waals surface area contributed by atoms with Gasteiger partial charge in [-0.3, -0.25) is 4.79 Å². The van der Waals surface area contributed by atoms with E-state index in [2.05, 4.69) is 0 Å². The molecule has 0 spiro atoms. The van der Waals surface area contributed by atoms with Crippen LogP contribution in [0.4, 0.5) is 0 Å². The van der Waals surface area contributed by atoms with E-state index < -0.39 is 23.4 Å². The van der Waals surface area contributed by atoms with Gasteiger partial charge in [0, 0.05) is 18.4 Å². The number of benzene rings is 2. The summed E-state index contributed by atoms with van der Waals surface area (Å²) in [4.78, 5) is 37.8. The van der Waals surface area contributed by atoms with E-state index >= 15 is 0 Å². The number of carboxylic acids is 1. The van der Waals surface area contributed by atoms with Gasteiger partial charge < -0.3 is 24.8 Å². The molecule has 8 heteroatoms. The molecule has 0 amide bonds. The minimum absolute atomic E-state index is 0.0114. The van der Waals surface area contributed by atoms with Gasteiger partial charge in [-0.05, 0) is 49.4 Å². The number of aryl methyl sites for hydroxylation is 1. The summed E-state index contributed by atoms with van der Waals surface area (Å²) in [6.07, 6.45) is 5.56. The van der Waals surface area contributed by atoms with Crippen molar-refractivity contribution in [2.24, 2.45) is 0 Å². The van der Waals surface area contributed by atoms with Crippen LogP contribution in [-0.2, 0) is 17.6 Å². The van der Waals surface area contributed by atoms with Gasteiger partial charge in [0.1, 0.15) is 11.3 Å². The minimum atomic E-state index is -1.14. The fraction of sp³-hybridized carbons (Fsp3) is 0.444. The summed E-state index contributed by atoms with van der Waals surface area (Å²) in [7, 11) is 0. The number of hydrogen-bond donors (Lipinski definition) is 3. The van der Waals surface area contributed by atoms with E-state index in [1.807, 2.05) is 13.8 Å². The lowest BCUT2D eigenvalue weighted by atomic mass is 9.95. The lowest BCUT2D eigenvalue weighted by Gasteiger charge is -2.18. The quantitative estimate of drug-likeness (QED) is 0.157. The number of carboxylic acid groups (broad SMARTS) is 1. The molecule has 188 valence electrons. The van der Waals surface area contributed by atoms with Crippen molar-refractivity contribution in [1.82, 2.24) is 0 Å². The molecule has 8 nitrogen and oxygen atoms in total. The normalized spacial score (nSPS) is 12.3. The first kappa shape index (κ1) is 26.1. The highest BCUT2D eigenvalue weighted by Gasteiger charge is 2.34. The van der Waals surface area contributed by atoms with Crippen molar-refractivity contribution in [3.63, 3.8) is 0 Å². The van der Waals surface area contributed by atoms with Crippen molar-refractivity contribution in [1.29, 1.82) is 0 Å². The van der Waals surface area contributed by atoms with Crippen molar-refractivity contribution < 1.29 is 39.2 Å². The Kier molecular flexibility index (Phi) is 8.38. The van der Waals surface area contributed by atoms with E-state index in [1.54, 1.807) is 6.92 Å². The van der Waals surface area contributed by atoms with Crippen LogP contribution in [0.2, 0.25) is 0 Å². The van der Waals surface area contributed by atoms with Crippen LogP contribution < -0.4 is 9.47 Å². The summed E-state index contributed by atoms with van der Waals surface area (Å²) in [5.41, 5.74) is 0.821. The summed E-state index contributed by atoms with van der Waals surface area (Å²) < 4.78 is 11.6. The predicted molar refractivity (Wildman–Crippen MR) is 129 cm³/mol. The van der Waals surface area contributed by atoms with Crippen LogP contribution >= 0.6 is 0 Å². The van der Waals surface area contributed by atoms with Crippen LogP contribution in [0, 0.1) is 6.92 Å². The molecule has 2 aromatic rings. The first-order valence-electron chi connectivity index (χ1n) is 12.1. The molecule has 0 atom stereocenters. The average molecular weight is 485 g/mol. The number of hydrogen-bond acceptors (Lipinski definition) is 7. The molecule has 3 N–H and O–H groups in total. The van der Waals surface area contributed by atoms with E-state index in [9.17, 15) is 29.7 Å². The number of phenols is 2. The number of Topliss-reactive ketones (excluding diaryl/α,β-unsaturated/α-hetero) is 1. The average Bonchev–Trinajstić information content (AvgIpc) is 2.93. The molecule has 35 heavy (non-hydrogen) atoms. The van der Waals surface area contributed by atoms with Crippen molar-refractivity contribution in [2.45, 2.75) is 78.6 Å². The number of ketones is 1. The Bertz CT molecular complexity index is 1150. The first-order valence-corrected chi connectivity index (χ1v) is 12.1. The van der Waals surface area contributed by atoms with Crippen LogP contribution in [0.15, 0.2) is 12.1 Å². The zero-order chi connectivity index (χ0) is 25.7. The largest absolute Gasteiger partial charge is 0.504 e. The minimum Gasteiger partial charge on any atom is -0.504 e. The summed E-state index contributed by atoms with van der Waals surface area (Å²) in [5.74, 6) is -3.65. The smallest absolute Gasteiger partial charge is 0.347 e. The monoisotopic (exact) mass is 484 g/mol. The van der Waals surface area contributed by atoms with E-state index in [1.165, 1.54) is 12.1 Å². The van der Waals surface area contributed by atoms with E-state index in [0.29, 0.717) is 36.8 Å². The van der Waals surface area contributed by atoms with Crippen LogP contribution in [0.5, 0.6) is 28.7 Å². The second-order valence-corrected chi connectivity index (χ2v) is 8.91. The molecule has 0 aromatic heterocycles. The fourth-order valence-corrected chi connectivity index (χ4v) is 4.38. The molecular weight excluding hydrogens is 452 g/mol. The first-order chi connectivity index (χ1) is 16.7. The third kappa shape index (κ3) is 5.58. The highest BCUT2D eigenvalue weighted by molar-refractivity contribution is 6.01. The van der Waals surface area contributed by atoms with Gasteiger partial charge in [0.2, 0.25) is 5.75 Å². The number of ether oxygens (including phenoxy) is 2. The Morgan fingerprint density at radius 1 is 0.943 bits per heavy atom. The summed E-state index contributed by atoms with van der Waals surface area (Å²) in [6, 6.07) is 2.58. The molecule has 0 unspecified atom stereocenters. The number of esters is 1. The topological polar surface area (TPSA) is 130 Å². The highest BCUT2D eigenvalue weighted by atomic mass is 16.6. The molecule has 0 bridgehead atoms. The van der Waals surface area contributed by atoms with Gasteiger partial charge in [0.05, 0.1) is 5.56 Å². The van der Waals surface area contributed by atoms with E-state index in [0.717, 1.165) is 25.7 Å². The standard InChI is InChI=1S/C27H32O8/c1-4-6-8-10-17(28)13-16-14-19(29)23(30)25-22(16)27(33)34-20-12-15(3)21(26(31)32)18(24(20)35-25)11-9-7-5-2/h12,14,29-30H,4-11,13H2,1-3H3,(H,31,32). The van der Waals surface area contributed by atoms with Crippen LogP contribution in [0.1, 0.15) is 96.2 Å². The third-order valence-corrected chi connectivity index (χ3v) is 6.16. The molecule has 0 saturated carbocycles. The molecule has 0 radical (unpaired) electrons. The van der Waals surface area contributed by atoms with Gasteiger partial charge in [0.25, 0.3) is 0 Å². The lowest BCUT2D eigenvalue weighted by molar-refractivity contribution is -0.118. The number of rotatable bonds is 11. The summed E-state index contributed by atoms with van der Waals surface area (Å²) in [6.45, 7) is 5.67. The van der Waals surface area contributed by atoms with Crippen molar-refractivity contribution in [3.8, 4) is 28.7 Å². The van der Waals surface area contributed by atoms with Gasteiger partial charge >= 0.3 is 11.9 Å². The molecule has 1 aliphatic heterocycles. The van der Waals surface area contributed by atoms with Gasteiger partial charge in [-0.15, -0.1) is 0 Å². The molecular formula is C27H32O8. The van der Waals surface area contributed by atoms with Crippen molar-refractivity contribution >= 4 is 17.7 Å². The van der Waals surface area contributed by atoms with Gasteiger partial charge in [-0.2, -0.15) is 0 Å². The second kappa shape index (κ2) is 11.3. The van der Waals surface area contributed by atoms with Crippen LogP contribution in [-0.4, -0.2) is 33.0 Å². The SMILES string of the molecule is CCCCCC(=O)Cc1cc(O)c(O)c2c1C(=O)Oc1cc(C)c(C(=O)O)c(CCCCC)c1O2.